The second-order valence-corrected chi connectivity index (χ2v) is 5.66. The Morgan fingerprint density at radius 3 is 2.72 bits per heavy atom. The van der Waals surface area contributed by atoms with E-state index in [9.17, 15) is 13.2 Å². The van der Waals surface area contributed by atoms with Crippen LogP contribution in [-0.2, 0) is 19.6 Å². The highest BCUT2D eigenvalue weighted by molar-refractivity contribution is 7.90. The first kappa shape index (κ1) is 14.9. The molecule has 0 unspecified atom stereocenters. The highest BCUT2D eigenvalue weighted by Gasteiger charge is 2.20. The van der Waals surface area contributed by atoms with E-state index in [1.165, 1.54) is 25.4 Å². The van der Waals surface area contributed by atoms with E-state index in [1.54, 1.807) is 6.92 Å². The second-order valence-electron chi connectivity index (χ2n) is 3.59. The number of halogens is 1. The Labute approximate surface area is 110 Å². The summed E-state index contributed by atoms with van der Waals surface area (Å²) < 4.78 is 30.3. The highest BCUT2D eigenvalue weighted by atomic mass is 35.5. The first-order chi connectivity index (χ1) is 8.35. The Bertz CT molecular complexity index is 515. The highest BCUT2D eigenvalue weighted by Crippen LogP contribution is 2.10. The minimum absolute atomic E-state index is 0.0523. The average molecular weight is 293 g/mol. The van der Waals surface area contributed by atoms with Crippen LogP contribution in [0, 0.1) is 0 Å². The third-order valence-electron chi connectivity index (χ3n) is 2.10. The topological polar surface area (TPSA) is 85.4 Å². The smallest absolute Gasteiger partial charge is 0.281 e. The fraction of sp³-hybridized carbons (Fsp3) is 0.400. The molecule has 100 valence electrons. The standard InChI is InChI=1S/C10H13ClN2O4S/c1-7(17-2)5-9(14)13-18(15,16)10-4-3-8(11)6-12-10/h3-4,6-7H,5H2,1-2H3,(H,13,14)/t7-/m0/s1. The fourth-order valence-corrected chi connectivity index (χ4v) is 2.15. The molecule has 6 nitrogen and oxygen atoms in total. The van der Waals surface area contributed by atoms with Crippen LogP contribution in [0.1, 0.15) is 13.3 Å². The summed E-state index contributed by atoms with van der Waals surface area (Å²) in [6.07, 6.45) is 0.778. The summed E-state index contributed by atoms with van der Waals surface area (Å²) in [7, 11) is -2.52. The van der Waals surface area contributed by atoms with Gasteiger partial charge in [-0.2, -0.15) is 8.42 Å². The van der Waals surface area contributed by atoms with Gasteiger partial charge in [-0.05, 0) is 19.1 Å². The molecule has 1 atom stereocenters. The molecular formula is C10H13ClN2O4S. The third kappa shape index (κ3) is 4.25. The number of methoxy groups -OCH3 is 1. The first-order valence-electron chi connectivity index (χ1n) is 5.05. The molecule has 1 N–H and O–H groups in total. The molecule has 1 amide bonds. The maximum Gasteiger partial charge on any atom is 0.281 e. The lowest BCUT2D eigenvalue weighted by Gasteiger charge is -2.09. The molecule has 0 fully saturated rings. The maximum absolute atomic E-state index is 11.7. The van der Waals surface area contributed by atoms with E-state index in [4.69, 9.17) is 16.3 Å². The summed E-state index contributed by atoms with van der Waals surface area (Å²) in [5.74, 6) is -0.652. The zero-order chi connectivity index (χ0) is 13.8. The van der Waals surface area contributed by atoms with Crippen LogP contribution in [-0.4, -0.2) is 32.5 Å². The van der Waals surface area contributed by atoms with Gasteiger partial charge < -0.3 is 4.74 Å². The van der Waals surface area contributed by atoms with Gasteiger partial charge in [0.15, 0.2) is 5.03 Å². The minimum atomic E-state index is -3.95. The Balaban J connectivity index is 2.76. The zero-order valence-electron chi connectivity index (χ0n) is 9.88. The number of amides is 1. The summed E-state index contributed by atoms with van der Waals surface area (Å²) >= 11 is 5.59. The van der Waals surface area contributed by atoms with Crippen molar-refractivity contribution >= 4 is 27.5 Å². The SMILES string of the molecule is CO[C@@H](C)CC(=O)NS(=O)(=O)c1ccc(Cl)cn1. The van der Waals surface area contributed by atoms with E-state index >= 15 is 0 Å². The molecular weight excluding hydrogens is 280 g/mol. The van der Waals surface area contributed by atoms with Crippen LogP contribution in [0.15, 0.2) is 23.4 Å². The predicted molar refractivity (Wildman–Crippen MR) is 65.7 cm³/mol. The van der Waals surface area contributed by atoms with Crippen LogP contribution in [0.5, 0.6) is 0 Å². The summed E-state index contributed by atoms with van der Waals surface area (Å²) in [6, 6.07) is 2.60. The van der Waals surface area contributed by atoms with E-state index in [0.29, 0.717) is 5.02 Å². The van der Waals surface area contributed by atoms with E-state index < -0.39 is 15.9 Å². The third-order valence-corrected chi connectivity index (χ3v) is 3.61. The van der Waals surface area contributed by atoms with E-state index in [2.05, 4.69) is 4.98 Å². The van der Waals surface area contributed by atoms with Gasteiger partial charge in [0.25, 0.3) is 10.0 Å². The van der Waals surface area contributed by atoms with Crippen molar-refractivity contribution < 1.29 is 17.9 Å². The number of ether oxygens (including phenoxy) is 1. The lowest BCUT2D eigenvalue weighted by atomic mass is 10.3. The number of sulfonamides is 1. The number of pyridine rings is 1. The number of nitrogens with zero attached hydrogens (tertiary/aromatic N) is 1. The normalized spacial score (nSPS) is 13.1. The number of hydrogen-bond donors (Lipinski definition) is 1. The van der Waals surface area contributed by atoms with Crippen LogP contribution < -0.4 is 4.72 Å². The molecule has 0 radical (unpaired) electrons. The summed E-state index contributed by atoms with van der Waals surface area (Å²) in [6.45, 7) is 1.66. The Kier molecular flexibility index (Phi) is 5.06. The second kappa shape index (κ2) is 6.12. The van der Waals surface area contributed by atoms with Gasteiger partial charge >= 0.3 is 0 Å². The number of hydrogen-bond acceptors (Lipinski definition) is 5. The molecule has 0 aliphatic heterocycles. The van der Waals surface area contributed by atoms with Gasteiger partial charge in [-0.1, -0.05) is 11.6 Å². The van der Waals surface area contributed by atoms with Crippen LogP contribution in [0.25, 0.3) is 0 Å². The molecule has 0 aliphatic rings. The maximum atomic E-state index is 11.7. The minimum Gasteiger partial charge on any atom is -0.381 e. The van der Waals surface area contributed by atoms with Crippen molar-refractivity contribution in [2.24, 2.45) is 0 Å². The molecule has 0 saturated carbocycles. The molecule has 0 spiro atoms. The molecule has 0 saturated heterocycles. The van der Waals surface area contributed by atoms with Crippen molar-refractivity contribution in [3.63, 3.8) is 0 Å². The Morgan fingerprint density at radius 2 is 2.22 bits per heavy atom. The van der Waals surface area contributed by atoms with E-state index in [0.717, 1.165) is 0 Å². The zero-order valence-corrected chi connectivity index (χ0v) is 11.5. The average Bonchev–Trinajstić information content (AvgIpc) is 2.28. The van der Waals surface area contributed by atoms with Gasteiger partial charge in [-0.15, -0.1) is 0 Å². The molecule has 1 aromatic heterocycles. The van der Waals surface area contributed by atoms with Gasteiger partial charge in [-0.3, -0.25) is 4.79 Å². The van der Waals surface area contributed by atoms with Gasteiger partial charge in [0.1, 0.15) is 0 Å². The van der Waals surface area contributed by atoms with Gasteiger partial charge in [0, 0.05) is 13.3 Å². The quantitative estimate of drug-likeness (QED) is 0.874. The van der Waals surface area contributed by atoms with E-state index in [1.807, 2.05) is 4.72 Å². The van der Waals surface area contributed by atoms with Gasteiger partial charge in [-0.25, -0.2) is 9.71 Å². The number of carbonyl (C=O) groups is 1. The van der Waals surface area contributed by atoms with Crippen molar-refractivity contribution in [2.75, 3.05) is 7.11 Å². The van der Waals surface area contributed by atoms with Crippen LogP contribution >= 0.6 is 11.6 Å². The molecule has 8 heteroatoms. The van der Waals surface area contributed by atoms with Crippen molar-refractivity contribution in [1.29, 1.82) is 0 Å². The molecule has 1 heterocycles. The lowest BCUT2D eigenvalue weighted by Crippen LogP contribution is -2.33. The van der Waals surface area contributed by atoms with E-state index in [-0.39, 0.29) is 17.6 Å². The van der Waals surface area contributed by atoms with Crippen molar-refractivity contribution in [3.05, 3.63) is 23.4 Å². The number of carbonyl (C=O) groups excluding carboxylic acids is 1. The number of aromatic nitrogens is 1. The lowest BCUT2D eigenvalue weighted by molar-refractivity contribution is -0.121. The molecule has 0 aromatic carbocycles. The summed E-state index contributed by atoms with van der Waals surface area (Å²) in [4.78, 5) is 15.1. The number of rotatable bonds is 5. The number of nitrogens with one attached hydrogen (secondary N) is 1. The van der Waals surface area contributed by atoms with Crippen LogP contribution in [0.3, 0.4) is 0 Å². The van der Waals surface area contributed by atoms with Crippen molar-refractivity contribution in [3.8, 4) is 0 Å². The largest absolute Gasteiger partial charge is 0.381 e. The molecule has 0 aliphatic carbocycles. The fourth-order valence-electron chi connectivity index (χ4n) is 1.11. The Hall–Kier alpha value is -1.18. The van der Waals surface area contributed by atoms with Crippen molar-refractivity contribution in [2.45, 2.75) is 24.5 Å². The molecule has 1 aromatic rings. The van der Waals surface area contributed by atoms with Crippen LogP contribution in [0.4, 0.5) is 0 Å². The predicted octanol–water partition coefficient (Wildman–Crippen LogP) is 0.965. The monoisotopic (exact) mass is 292 g/mol. The van der Waals surface area contributed by atoms with Crippen molar-refractivity contribution in [1.82, 2.24) is 9.71 Å². The molecule has 18 heavy (non-hydrogen) atoms. The summed E-state index contributed by atoms with van der Waals surface area (Å²) in [5.41, 5.74) is 0. The Morgan fingerprint density at radius 1 is 1.56 bits per heavy atom. The first-order valence-corrected chi connectivity index (χ1v) is 6.91. The summed E-state index contributed by atoms with van der Waals surface area (Å²) in [5, 5.41) is 0.0543. The molecule has 0 bridgehead atoms. The van der Waals surface area contributed by atoms with Crippen LogP contribution in [0.2, 0.25) is 5.02 Å². The van der Waals surface area contributed by atoms with Gasteiger partial charge in [0.2, 0.25) is 5.91 Å². The molecule has 1 rings (SSSR count). The van der Waals surface area contributed by atoms with Gasteiger partial charge in [0.05, 0.1) is 17.5 Å².